The van der Waals surface area contributed by atoms with Gasteiger partial charge in [-0.1, -0.05) is 25.2 Å². The number of halogens is 1. The minimum absolute atomic E-state index is 0. The van der Waals surface area contributed by atoms with Crippen molar-refractivity contribution in [2.75, 3.05) is 59.5 Å². The number of nitrogens with zero attached hydrogens (tertiary/aromatic N) is 3. The van der Waals surface area contributed by atoms with Crippen molar-refractivity contribution in [1.82, 2.24) is 9.88 Å². The molecule has 1 aromatic heterocycles. The minimum atomic E-state index is -0.156. The number of hydrogen-bond acceptors (Lipinski definition) is 8. The fourth-order valence-electron chi connectivity index (χ4n) is 3.67. The summed E-state index contributed by atoms with van der Waals surface area (Å²) in [5, 5.41) is 0.653. The summed E-state index contributed by atoms with van der Waals surface area (Å²) in [4.78, 5) is 22.1. The number of thiazole rings is 1. The summed E-state index contributed by atoms with van der Waals surface area (Å²) in [6.45, 7) is 7.33. The highest BCUT2D eigenvalue weighted by Gasteiger charge is 2.19. The highest BCUT2D eigenvalue weighted by Crippen LogP contribution is 2.38. The molecular weight excluding hydrogens is 502 g/mol. The zero-order valence-corrected chi connectivity index (χ0v) is 23.2. The summed E-state index contributed by atoms with van der Waals surface area (Å²) < 4.78 is 22.5. The van der Waals surface area contributed by atoms with E-state index in [4.69, 9.17) is 23.9 Å². The number of fused-ring (bicyclic) bond motifs is 1. The second kappa shape index (κ2) is 13.9. The van der Waals surface area contributed by atoms with Gasteiger partial charge in [0.2, 0.25) is 5.75 Å². The van der Waals surface area contributed by atoms with Gasteiger partial charge in [0.25, 0.3) is 5.91 Å². The van der Waals surface area contributed by atoms with Crippen LogP contribution < -0.4 is 23.8 Å². The van der Waals surface area contributed by atoms with Gasteiger partial charge in [-0.05, 0) is 55.1 Å². The number of likely N-dealkylation sites (N-methyl/N-ethyl adjacent to an activating group) is 1. The number of aromatic nitrogens is 1. The van der Waals surface area contributed by atoms with Crippen LogP contribution in [0.1, 0.15) is 19.4 Å². The van der Waals surface area contributed by atoms with E-state index >= 15 is 0 Å². The van der Waals surface area contributed by atoms with Crippen LogP contribution in [0.15, 0.2) is 36.4 Å². The zero-order chi connectivity index (χ0) is 25.4. The Morgan fingerprint density at radius 1 is 0.944 bits per heavy atom. The van der Waals surface area contributed by atoms with Crippen LogP contribution >= 0.6 is 23.7 Å². The predicted octanol–water partition coefficient (Wildman–Crippen LogP) is 5.14. The van der Waals surface area contributed by atoms with E-state index in [9.17, 15) is 4.79 Å². The van der Waals surface area contributed by atoms with E-state index in [-0.39, 0.29) is 18.3 Å². The van der Waals surface area contributed by atoms with Gasteiger partial charge in [0.15, 0.2) is 16.6 Å². The first-order valence-corrected chi connectivity index (χ1v) is 12.3. The van der Waals surface area contributed by atoms with Gasteiger partial charge in [0.1, 0.15) is 5.75 Å². The Kier molecular flexibility index (Phi) is 11.3. The molecule has 3 rings (SSSR count). The number of amides is 1. The molecule has 0 bridgehead atoms. The van der Waals surface area contributed by atoms with Crippen molar-refractivity contribution in [3.8, 4) is 23.0 Å². The molecule has 0 saturated heterocycles. The number of methoxy groups -OCH3 is 4. The van der Waals surface area contributed by atoms with E-state index < -0.39 is 0 Å². The highest BCUT2D eigenvalue weighted by atomic mass is 35.5. The quantitative estimate of drug-likeness (QED) is 0.297. The van der Waals surface area contributed by atoms with Crippen molar-refractivity contribution in [3.63, 3.8) is 0 Å². The minimum Gasteiger partial charge on any atom is -0.497 e. The molecule has 10 heteroatoms. The van der Waals surface area contributed by atoms with Gasteiger partial charge >= 0.3 is 0 Å². The summed E-state index contributed by atoms with van der Waals surface area (Å²) in [7, 11) is 6.32. The number of benzene rings is 2. The number of carbonyl (C=O) groups excluding carboxylic acids is 1. The Morgan fingerprint density at radius 3 is 2.17 bits per heavy atom. The Labute approximate surface area is 222 Å². The maximum absolute atomic E-state index is 13.4. The molecule has 0 aliphatic heterocycles. The normalized spacial score (nSPS) is 11.0. The van der Waals surface area contributed by atoms with E-state index in [1.807, 2.05) is 18.2 Å². The fraction of sp³-hybridized carbons (Fsp3) is 0.385. The molecule has 0 radical (unpaired) electrons. The highest BCUT2D eigenvalue weighted by molar-refractivity contribution is 7.22. The van der Waals surface area contributed by atoms with Crippen molar-refractivity contribution >= 4 is 51.1 Å². The van der Waals surface area contributed by atoms with Gasteiger partial charge in [0, 0.05) is 19.2 Å². The lowest BCUT2D eigenvalue weighted by Gasteiger charge is -2.23. The van der Waals surface area contributed by atoms with E-state index in [0.29, 0.717) is 28.9 Å². The summed E-state index contributed by atoms with van der Waals surface area (Å²) in [6, 6.07) is 9.32. The zero-order valence-electron chi connectivity index (χ0n) is 21.6. The van der Waals surface area contributed by atoms with Crippen LogP contribution in [-0.4, -0.2) is 70.4 Å². The number of anilines is 1. The van der Waals surface area contributed by atoms with Gasteiger partial charge in [-0.25, -0.2) is 4.98 Å². The van der Waals surface area contributed by atoms with Crippen LogP contribution in [0.3, 0.4) is 0 Å². The van der Waals surface area contributed by atoms with Crippen LogP contribution in [-0.2, 0) is 4.79 Å². The molecule has 0 aliphatic rings. The molecule has 0 N–H and O–H groups in total. The third-order valence-corrected chi connectivity index (χ3v) is 6.76. The fourth-order valence-corrected chi connectivity index (χ4v) is 4.70. The molecule has 196 valence electrons. The molecule has 8 nitrogen and oxygen atoms in total. The van der Waals surface area contributed by atoms with Crippen molar-refractivity contribution < 1.29 is 23.7 Å². The first-order chi connectivity index (χ1) is 17.0. The van der Waals surface area contributed by atoms with Crippen LogP contribution in [0, 0.1) is 0 Å². The maximum Gasteiger partial charge on any atom is 0.252 e. The monoisotopic (exact) mass is 535 g/mol. The van der Waals surface area contributed by atoms with Gasteiger partial charge in [0.05, 0.1) is 38.7 Å². The van der Waals surface area contributed by atoms with E-state index in [1.165, 1.54) is 11.3 Å². The molecule has 1 heterocycles. The maximum atomic E-state index is 13.4. The largest absolute Gasteiger partial charge is 0.497 e. The molecule has 0 aliphatic carbocycles. The lowest BCUT2D eigenvalue weighted by Crippen LogP contribution is -2.38. The Bertz CT molecular complexity index is 1150. The van der Waals surface area contributed by atoms with Crippen molar-refractivity contribution in [1.29, 1.82) is 0 Å². The summed E-state index contributed by atoms with van der Waals surface area (Å²) >= 11 is 1.47. The van der Waals surface area contributed by atoms with Crippen LogP contribution in [0.25, 0.3) is 16.3 Å². The van der Waals surface area contributed by atoms with Crippen LogP contribution in [0.4, 0.5) is 5.13 Å². The topological polar surface area (TPSA) is 73.4 Å². The van der Waals surface area contributed by atoms with E-state index in [2.05, 4.69) is 18.7 Å². The Morgan fingerprint density at radius 2 is 1.61 bits per heavy atom. The molecule has 0 spiro atoms. The molecule has 0 unspecified atom stereocenters. The number of ether oxygens (including phenoxy) is 4. The number of carbonyl (C=O) groups is 1. The van der Waals surface area contributed by atoms with Gasteiger partial charge in [-0.15, -0.1) is 12.4 Å². The van der Waals surface area contributed by atoms with E-state index in [0.717, 1.165) is 41.2 Å². The lowest BCUT2D eigenvalue weighted by atomic mass is 10.1. The smallest absolute Gasteiger partial charge is 0.252 e. The molecule has 2 aromatic carbocycles. The molecule has 1 amide bonds. The van der Waals surface area contributed by atoms with Crippen molar-refractivity contribution in [3.05, 3.63) is 42.0 Å². The molecule has 3 aromatic rings. The number of rotatable bonds is 12. The van der Waals surface area contributed by atoms with Gasteiger partial charge in [-0.3, -0.25) is 9.69 Å². The average Bonchev–Trinajstić information content (AvgIpc) is 3.31. The summed E-state index contributed by atoms with van der Waals surface area (Å²) in [5.74, 6) is 2.16. The second-order valence-electron chi connectivity index (χ2n) is 7.64. The summed E-state index contributed by atoms with van der Waals surface area (Å²) in [5.41, 5.74) is 1.59. The third kappa shape index (κ3) is 6.81. The predicted molar refractivity (Wildman–Crippen MR) is 149 cm³/mol. The molecule has 36 heavy (non-hydrogen) atoms. The molecular formula is C26H34ClN3O5S. The first-order valence-electron chi connectivity index (χ1n) is 11.4. The second-order valence-corrected chi connectivity index (χ2v) is 8.65. The van der Waals surface area contributed by atoms with Crippen molar-refractivity contribution in [2.45, 2.75) is 13.8 Å². The van der Waals surface area contributed by atoms with Gasteiger partial charge in [-0.2, -0.15) is 0 Å². The lowest BCUT2D eigenvalue weighted by molar-refractivity contribution is -0.114. The van der Waals surface area contributed by atoms with E-state index in [1.54, 1.807) is 57.6 Å². The standard InChI is InChI=1S/C26H33N3O5S.ClH/c1-7-28(8-2)13-14-29(26-27-20-11-10-19(31-3)17-23(20)35-26)24(30)12-9-18-15-21(32-4)25(34-6)22(16-18)33-5;/h9-12,15-17H,7-8,13-14H2,1-6H3;1H. The summed E-state index contributed by atoms with van der Waals surface area (Å²) in [6.07, 6.45) is 3.29. The average molecular weight is 536 g/mol. The molecule has 0 saturated carbocycles. The third-order valence-electron chi connectivity index (χ3n) is 5.72. The van der Waals surface area contributed by atoms with Crippen LogP contribution in [0.2, 0.25) is 0 Å². The first kappa shape index (κ1) is 29.2. The number of hydrogen-bond donors (Lipinski definition) is 0. The molecule has 0 atom stereocenters. The SMILES string of the molecule is CCN(CC)CCN(C(=O)C=Cc1cc(OC)c(OC)c(OC)c1)c1nc2ccc(OC)cc2s1.Cl. The van der Waals surface area contributed by atoms with Crippen molar-refractivity contribution in [2.24, 2.45) is 0 Å². The van der Waals surface area contributed by atoms with Gasteiger partial charge < -0.3 is 23.8 Å². The molecule has 0 fully saturated rings. The van der Waals surface area contributed by atoms with Crippen LogP contribution in [0.5, 0.6) is 23.0 Å². The Hall–Kier alpha value is -3.01. The Balaban J connectivity index is 0.00000456.